The molecule has 1 unspecified atom stereocenters. The zero-order valence-corrected chi connectivity index (χ0v) is 29.4. The number of imide groups is 2. The van der Waals surface area contributed by atoms with Crippen LogP contribution in [0.15, 0.2) is 42.5 Å². The molecule has 2 aromatic carbocycles. The summed E-state index contributed by atoms with van der Waals surface area (Å²) >= 11 is 0. The van der Waals surface area contributed by atoms with Crippen LogP contribution >= 0.6 is 0 Å². The first-order valence-electron chi connectivity index (χ1n) is 18.1. The van der Waals surface area contributed by atoms with Crippen LogP contribution in [0.4, 0.5) is 5.69 Å². The van der Waals surface area contributed by atoms with Crippen LogP contribution in [0.2, 0.25) is 0 Å². The summed E-state index contributed by atoms with van der Waals surface area (Å²) in [5.74, 6) is -1.27. The Labute approximate surface area is 295 Å². The molecule has 12 heteroatoms. The maximum Gasteiger partial charge on any atom is 0.264 e. The van der Waals surface area contributed by atoms with E-state index in [4.69, 9.17) is 23.7 Å². The molecule has 0 radical (unpaired) electrons. The van der Waals surface area contributed by atoms with Crippen LogP contribution in [0, 0.1) is 0 Å². The van der Waals surface area contributed by atoms with Gasteiger partial charge in [-0.05, 0) is 49.1 Å². The predicted octanol–water partition coefficient (Wildman–Crippen LogP) is 4.94. The highest BCUT2D eigenvalue weighted by molar-refractivity contribution is 6.25. The Kier molecular flexibility index (Phi) is 17.2. The highest BCUT2D eigenvalue weighted by Crippen LogP contribution is 2.32. The van der Waals surface area contributed by atoms with Crippen LogP contribution in [-0.4, -0.2) is 101 Å². The van der Waals surface area contributed by atoms with Gasteiger partial charge in [0.1, 0.15) is 18.4 Å². The van der Waals surface area contributed by atoms with E-state index in [1.54, 1.807) is 18.2 Å². The maximum atomic E-state index is 13.2. The van der Waals surface area contributed by atoms with Gasteiger partial charge >= 0.3 is 0 Å². The van der Waals surface area contributed by atoms with Gasteiger partial charge in [-0.15, -0.1) is 0 Å². The summed E-state index contributed by atoms with van der Waals surface area (Å²) in [5.41, 5.74) is 2.30. The Morgan fingerprint density at radius 2 is 1.34 bits per heavy atom. The molecule has 1 fully saturated rings. The molecule has 0 spiro atoms. The minimum atomic E-state index is -1.00. The van der Waals surface area contributed by atoms with Gasteiger partial charge in [0.2, 0.25) is 11.8 Å². The molecule has 274 valence electrons. The molecule has 2 heterocycles. The number of nitrogens with one attached hydrogen (secondary N) is 2. The van der Waals surface area contributed by atoms with Crippen molar-refractivity contribution < 1.29 is 42.9 Å². The molecule has 0 bridgehead atoms. The highest BCUT2D eigenvalue weighted by Gasteiger charge is 2.45. The summed E-state index contributed by atoms with van der Waals surface area (Å²) in [6.45, 7) is 6.64. The smallest absolute Gasteiger partial charge is 0.264 e. The number of unbranched alkanes of at least 4 members (excludes halogenated alkanes) is 6. The third-order valence-electron chi connectivity index (χ3n) is 8.63. The third kappa shape index (κ3) is 12.5. The van der Waals surface area contributed by atoms with E-state index in [9.17, 15) is 19.2 Å². The summed E-state index contributed by atoms with van der Waals surface area (Å²) in [7, 11) is 0. The fourth-order valence-electron chi connectivity index (χ4n) is 5.94. The molecule has 4 rings (SSSR count). The number of carbonyl (C=O) groups excluding carboxylic acids is 4. The van der Waals surface area contributed by atoms with Crippen molar-refractivity contribution in [2.45, 2.75) is 77.2 Å². The molecule has 4 amide bonds. The van der Waals surface area contributed by atoms with Crippen molar-refractivity contribution in [1.29, 1.82) is 0 Å². The number of piperidine rings is 1. The van der Waals surface area contributed by atoms with Crippen molar-refractivity contribution in [3.05, 3.63) is 59.2 Å². The van der Waals surface area contributed by atoms with Crippen molar-refractivity contribution in [3.63, 3.8) is 0 Å². The van der Waals surface area contributed by atoms with Gasteiger partial charge in [0, 0.05) is 18.7 Å². The molecule has 2 aliphatic rings. The van der Waals surface area contributed by atoms with E-state index in [2.05, 4.69) is 29.7 Å². The summed E-state index contributed by atoms with van der Waals surface area (Å²) in [5, 5.41) is 5.35. The zero-order chi connectivity index (χ0) is 35.4. The van der Waals surface area contributed by atoms with E-state index in [1.165, 1.54) is 50.5 Å². The van der Waals surface area contributed by atoms with Crippen molar-refractivity contribution >= 4 is 29.3 Å². The van der Waals surface area contributed by atoms with Crippen LogP contribution < -0.4 is 15.4 Å². The fourth-order valence-corrected chi connectivity index (χ4v) is 5.94. The quantitative estimate of drug-likeness (QED) is 0.103. The van der Waals surface area contributed by atoms with Gasteiger partial charge < -0.3 is 29.0 Å². The second-order valence-corrected chi connectivity index (χ2v) is 12.4. The van der Waals surface area contributed by atoms with Crippen molar-refractivity contribution in [3.8, 4) is 5.75 Å². The maximum absolute atomic E-state index is 13.2. The van der Waals surface area contributed by atoms with Gasteiger partial charge in [-0.2, -0.15) is 0 Å². The van der Waals surface area contributed by atoms with E-state index in [-0.39, 0.29) is 24.0 Å². The lowest BCUT2D eigenvalue weighted by molar-refractivity contribution is -0.136. The Balaban J connectivity index is 0.948. The average Bonchev–Trinajstić information content (AvgIpc) is 3.37. The number of rotatable bonds is 26. The molecule has 2 aliphatic heterocycles. The number of hydrogen-bond acceptors (Lipinski definition) is 10. The lowest BCUT2D eigenvalue weighted by Gasteiger charge is -2.27. The van der Waals surface area contributed by atoms with Gasteiger partial charge in [0.05, 0.1) is 64.0 Å². The molecule has 2 N–H and O–H groups in total. The standard InChI is InChI=1S/C38H53N3O9/c1-2-3-4-5-6-7-8-10-29-13-15-30(16-14-29)50-28-27-49-26-25-48-24-23-47-22-21-46-20-19-39-32-12-9-11-31-35(32)38(45)41(37(31)44)33-17-18-34(42)40-36(33)43/h9,11-16,33,39H,2-8,10,17-28H2,1H3,(H,40,42,43). The van der Waals surface area contributed by atoms with Crippen molar-refractivity contribution in [2.75, 3.05) is 71.3 Å². The normalized spacial score (nSPS) is 15.8. The van der Waals surface area contributed by atoms with Gasteiger partial charge in [-0.25, -0.2) is 0 Å². The fraction of sp³-hybridized carbons (Fsp3) is 0.579. The van der Waals surface area contributed by atoms with E-state index >= 15 is 0 Å². The second-order valence-electron chi connectivity index (χ2n) is 12.4. The predicted molar refractivity (Wildman–Crippen MR) is 189 cm³/mol. The largest absolute Gasteiger partial charge is 0.491 e. The van der Waals surface area contributed by atoms with Crippen LogP contribution in [0.25, 0.3) is 0 Å². The monoisotopic (exact) mass is 695 g/mol. The summed E-state index contributed by atoms with van der Waals surface area (Å²) in [4.78, 5) is 50.9. The van der Waals surface area contributed by atoms with Gasteiger partial charge in [0.15, 0.2) is 0 Å². The molecule has 0 aliphatic carbocycles. The number of benzene rings is 2. The Morgan fingerprint density at radius 1 is 0.720 bits per heavy atom. The second kappa shape index (κ2) is 22.1. The van der Waals surface area contributed by atoms with E-state index in [0.29, 0.717) is 71.7 Å². The Morgan fingerprint density at radius 3 is 2.00 bits per heavy atom. The first-order valence-corrected chi connectivity index (χ1v) is 18.1. The summed E-state index contributed by atoms with van der Waals surface area (Å²) < 4.78 is 28.1. The lowest BCUT2D eigenvalue weighted by Crippen LogP contribution is -2.54. The van der Waals surface area contributed by atoms with Crippen LogP contribution in [-0.2, 0) is 35.0 Å². The molecular weight excluding hydrogens is 642 g/mol. The number of aryl methyl sites for hydroxylation is 1. The zero-order valence-electron chi connectivity index (χ0n) is 29.4. The lowest BCUT2D eigenvalue weighted by atomic mass is 10.0. The third-order valence-corrected chi connectivity index (χ3v) is 8.63. The van der Waals surface area contributed by atoms with Crippen LogP contribution in [0.5, 0.6) is 5.75 Å². The molecule has 1 atom stereocenters. The molecule has 0 saturated carbocycles. The SMILES string of the molecule is CCCCCCCCCc1ccc(OCCOCCOCCOCCOCCNc2cccc3c2C(=O)N(C2CCC(=O)NC2=O)C3=O)cc1. The van der Waals surface area contributed by atoms with E-state index in [1.807, 2.05) is 12.1 Å². The topological polar surface area (TPSA) is 142 Å². The minimum absolute atomic E-state index is 0.0735. The Bertz CT molecular complexity index is 1370. The average molecular weight is 696 g/mol. The highest BCUT2D eigenvalue weighted by atomic mass is 16.6. The first kappa shape index (κ1) is 39.0. The molecule has 2 aromatic rings. The number of amides is 4. The molecule has 0 aromatic heterocycles. The molecular formula is C38H53N3O9. The molecule has 12 nitrogen and oxygen atoms in total. The number of hydrogen-bond donors (Lipinski definition) is 2. The minimum Gasteiger partial charge on any atom is -0.491 e. The summed E-state index contributed by atoms with van der Waals surface area (Å²) in [6.07, 6.45) is 10.6. The van der Waals surface area contributed by atoms with Crippen molar-refractivity contribution in [2.24, 2.45) is 0 Å². The molecule has 1 saturated heterocycles. The van der Waals surface area contributed by atoms with E-state index < -0.39 is 29.7 Å². The summed E-state index contributed by atoms with van der Waals surface area (Å²) in [6, 6.07) is 12.3. The number of anilines is 1. The Hall–Kier alpha value is -3.84. The van der Waals surface area contributed by atoms with Crippen LogP contribution in [0.3, 0.4) is 0 Å². The number of fused-ring (bicyclic) bond motifs is 1. The van der Waals surface area contributed by atoms with E-state index in [0.717, 1.165) is 17.1 Å². The van der Waals surface area contributed by atoms with Gasteiger partial charge in [0.25, 0.3) is 11.8 Å². The van der Waals surface area contributed by atoms with Crippen molar-refractivity contribution in [1.82, 2.24) is 10.2 Å². The first-order chi connectivity index (χ1) is 24.5. The molecule has 50 heavy (non-hydrogen) atoms. The van der Waals surface area contributed by atoms with Crippen LogP contribution in [0.1, 0.15) is 91.0 Å². The number of carbonyl (C=O) groups is 4. The van der Waals surface area contributed by atoms with Gasteiger partial charge in [-0.1, -0.05) is 63.6 Å². The van der Waals surface area contributed by atoms with Gasteiger partial charge in [-0.3, -0.25) is 29.4 Å². The number of nitrogens with zero attached hydrogens (tertiary/aromatic N) is 1. The number of ether oxygens (including phenoxy) is 5.